The number of para-hydroxylation sites is 1. The molecule has 2 aromatic carbocycles. The fourth-order valence-corrected chi connectivity index (χ4v) is 3.37. The summed E-state index contributed by atoms with van der Waals surface area (Å²) in [6, 6.07) is 17.2. The summed E-state index contributed by atoms with van der Waals surface area (Å²) in [7, 11) is 0. The van der Waals surface area contributed by atoms with Crippen molar-refractivity contribution in [1.29, 1.82) is 0 Å². The van der Waals surface area contributed by atoms with Gasteiger partial charge in [-0.15, -0.1) is 0 Å². The predicted octanol–water partition coefficient (Wildman–Crippen LogP) is 2.60. The minimum absolute atomic E-state index is 0.223. The van der Waals surface area contributed by atoms with E-state index in [1.807, 2.05) is 35.2 Å². The maximum absolute atomic E-state index is 12.4. The molecule has 1 amide bonds. The Morgan fingerprint density at radius 2 is 1.61 bits per heavy atom. The highest BCUT2D eigenvalue weighted by Crippen LogP contribution is 2.16. The Bertz CT molecular complexity index is 769. The summed E-state index contributed by atoms with van der Waals surface area (Å²) in [5.41, 5.74) is 2.55. The molecular weight excluding hydrogens is 354 g/mol. The van der Waals surface area contributed by atoms with Gasteiger partial charge in [0.15, 0.2) is 0 Å². The molecule has 0 spiro atoms. The number of piperazine rings is 1. The molecule has 148 valence electrons. The van der Waals surface area contributed by atoms with E-state index in [-0.39, 0.29) is 5.91 Å². The van der Waals surface area contributed by atoms with Crippen molar-refractivity contribution in [2.75, 3.05) is 37.6 Å². The minimum Gasteiger partial charge on any atom is -0.478 e. The van der Waals surface area contributed by atoms with Crippen LogP contribution in [0.4, 0.5) is 5.69 Å². The molecule has 0 unspecified atom stereocenters. The number of rotatable bonds is 8. The summed E-state index contributed by atoms with van der Waals surface area (Å²) in [4.78, 5) is 27.5. The number of carboxylic acids is 1. The lowest BCUT2D eigenvalue weighted by Crippen LogP contribution is -2.48. The molecule has 0 saturated carbocycles. The quantitative estimate of drug-likeness (QED) is 0.688. The lowest BCUT2D eigenvalue weighted by Gasteiger charge is -2.36. The molecule has 28 heavy (non-hydrogen) atoms. The van der Waals surface area contributed by atoms with Gasteiger partial charge in [-0.25, -0.2) is 4.79 Å². The number of anilines is 1. The van der Waals surface area contributed by atoms with Gasteiger partial charge in [0.25, 0.3) is 0 Å². The zero-order chi connectivity index (χ0) is 19.8. The van der Waals surface area contributed by atoms with Crippen molar-refractivity contribution in [3.8, 4) is 0 Å². The summed E-state index contributed by atoms with van der Waals surface area (Å²) in [6.45, 7) is 4.73. The summed E-state index contributed by atoms with van der Waals surface area (Å²) in [5, 5.41) is 12.2. The third-order valence-electron chi connectivity index (χ3n) is 5.03. The van der Waals surface area contributed by atoms with E-state index in [4.69, 9.17) is 5.11 Å². The molecule has 1 heterocycles. The average molecular weight is 381 g/mol. The molecule has 1 aliphatic heterocycles. The SMILES string of the molecule is O=C(O)c1ccc(CNCCCC(=O)N2CCN(c3ccccc3)CC2)cc1. The van der Waals surface area contributed by atoms with E-state index in [0.29, 0.717) is 18.5 Å². The van der Waals surface area contributed by atoms with E-state index in [1.165, 1.54) is 5.69 Å². The Hall–Kier alpha value is -2.86. The maximum Gasteiger partial charge on any atom is 0.335 e. The molecule has 1 fully saturated rings. The number of carbonyl (C=O) groups excluding carboxylic acids is 1. The molecule has 1 saturated heterocycles. The first-order valence-corrected chi connectivity index (χ1v) is 9.74. The molecule has 0 radical (unpaired) electrons. The number of amides is 1. The van der Waals surface area contributed by atoms with E-state index in [9.17, 15) is 9.59 Å². The molecule has 1 aliphatic rings. The van der Waals surface area contributed by atoms with Gasteiger partial charge < -0.3 is 20.2 Å². The first-order chi connectivity index (χ1) is 13.6. The van der Waals surface area contributed by atoms with E-state index < -0.39 is 5.97 Å². The zero-order valence-corrected chi connectivity index (χ0v) is 16.0. The van der Waals surface area contributed by atoms with Crippen molar-refractivity contribution >= 4 is 17.6 Å². The standard InChI is InChI=1S/C22H27N3O3/c26-21(25-15-13-24(14-16-25)20-5-2-1-3-6-20)7-4-12-23-17-18-8-10-19(11-9-18)22(27)28/h1-3,5-6,8-11,23H,4,7,12-17H2,(H,27,28). The van der Waals surface area contributed by atoms with Gasteiger partial charge in [0.05, 0.1) is 5.56 Å². The molecule has 2 aromatic rings. The highest BCUT2D eigenvalue weighted by molar-refractivity contribution is 5.87. The second-order valence-electron chi connectivity index (χ2n) is 6.99. The van der Waals surface area contributed by atoms with Crippen molar-refractivity contribution in [2.45, 2.75) is 19.4 Å². The molecule has 0 bridgehead atoms. The van der Waals surface area contributed by atoms with Crippen LogP contribution < -0.4 is 10.2 Å². The number of hydrogen-bond donors (Lipinski definition) is 2. The Balaban J connectivity index is 1.31. The normalized spacial score (nSPS) is 14.1. The fraction of sp³-hybridized carbons (Fsp3) is 0.364. The van der Waals surface area contributed by atoms with Gasteiger partial charge in [-0.1, -0.05) is 30.3 Å². The number of aromatic carboxylic acids is 1. The summed E-state index contributed by atoms with van der Waals surface area (Å²) in [6.07, 6.45) is 1.35. The van der Waals surface area contributed by atoms with Gasteiger partial charge in [-0.2, -0.15) is 0 Å². The Morgan fingerprint density at radius 1 is 0.929 bits per heavy atom. The van der Waals surface area contributed by atoms with Crippen LogP contribution in [0.5, 0.6) is 0 Å². The Labute approximate surface area is 165 Å². The van der Waals surface area contributed by atoms with Crippen molar-refractivity contribution in [1.82, 2.24) is 10.2 Å². The van der Waals surface area contributed by atoms with Gasteiger partial charge >= 0.3 is 5.97 Å². The number of nitrogens with one attached hydrogen (secondary N) is 1. The van der Waals surface area contributed by atoms with Gasteiger partial charge in [0.2, 0.25) is 5.91 Å². The van der Waals surface area contributed by atoms with Gasteiger partial charge in [-0.05, 0) is 42.8 Å². The van der Waals surface area contributed by atoms with E-state index in [1.54, 1.807) is 12.1 Å². The van der Waals surface area contributed by atoms with Crippen LogP contribution in [0.1, 0.15) is 28.8 Å². The van der Waals surface area contributed by atoms with E-state index in [0.717, 1.165) is 44.7 Å². The highest BCUT2D eigenvalue weighted by Gasteiger charge is 2.20. The second-order valence-corrected chi connectivity index (χ2v) is 6.99. The topological polar surface area (TPSA) is 72.9 Å². The third-order valence-corrected chi connectivity index (χ3v) is 5.03. The lowest BCUT2D eigenvalue weighted by molar-refractivity contribution is -0.131. The largest absolute Gasteiger partial charge is 0.478 e. The number of benzene rings is 2. The molecule has 6 heteroatoms. The van der Waals surface area contributed by atoms with Crippen LogP contribution in [-0.4, -0.2) is 54.6 Å². The molecule has 0 aliphatic carbocycles. The predicted molar refractivity (Wildman–Crippen MR) is 110 cm³/mol. The van der Waals surface area contributed by atoms with E-state index in [2.05, 4.69) is 22.3 Å². The van der Waals surface area contributed by atoms with Crippen LogP contribution in [0.25, 0.3) is 0 Å². The molecule has 6 nitrogen and oxygen atoms in total. The highest BCUT2D eigenvalue weighted by atomic mass is 16.4. The van der Waals surface area contributed by atoms with Crippen molar-refractivity contribution in [3.05, 3.63) is 65.7 Å². The van der Waals surface area contributed by atoms with E-state index >= 15 is 0 Å². The first kappa shape index (κ1) is 19.9. The smallest absolute Gasteiger partial charge is 0.335 e. The first-order valence-electron chi connectivity index (χ1n) is 9.74. The monoisotopic (exact) mass is 381 g/mol. The molecule has 0 atom stereocenters. The number of carboxylic acid groups (broad SMARTS) is 1. The zero-order valence-electron chi connectivity index (χ0n) is 16.0. The molecular formula is C22H27N3O3. The molecule has 2 N–H and O–H groups in total. The summed E-state index contributed by atoms with van der Waals surface area (Å²) >= 11 is 0. The van der Waals surface area contributed by atoms with Crippen LogP contribution >= 0.6 is 0 Å². The van der Waals surface area contributed by atoms with Crippen LogP contribution in [0.3, 0.4) is 0 Å². The fourth-order valence-electron chi connectivity index (χ4n) is 3.37. The summed E-state index contributed by atoms with van der Waals surface area (Å²) < 4.78 is 0. The number of carbonyl (C=O) groups is 2. The van der Waals surface area contributed by atoms with Crippen molar-refractivity contribution in [2.24, 2.45) is 0 Å². The Morgan fingerprint density at radius 3 is 2.25 bits per heavy atom. The lowest BCUT2D eigenvalue weighted by atomic mass is 10.1. The van der Waals surface area contributed by atoms with Crippen LogP contribution in [0.15, 0.2) is 54.6 Å². The maximum atomic E-state index is 12.4. The Kier molecular flexibility index (Phi) is 7.03. The summed E-state index contributed by atoms with van der Waals surface area (Å²) in [5.74, 6) is -0.692. The number of hydrogen-bond acceptors (Lipinski definition) is 4. The van der Waals surface area contributed by atoms with Crippen LogP contribution in [0.2, 0.25) is 0 Å². The third kappa shape index (κ3) is 5.57. The van der Waals surface area contributed by atoms with Crippen molar-refractivity contribution in [3.63, 3.8) is 0 Å². The van der Waals surface area contributed by atoms with Gasteiger partial charge in [0, 0.05) is 44.8 Å². The average Bonchev–Trinajstić information content (AvgIpc) is 2.74. The van der Waals surface area contributed by atoms with Gasteiger partial charge in [-0.3, -0.25) is 4.79 Å². The molecule has 3 rings (SSSR count). The van der Waals surface area contributed by atoms with Gasteiger partial charge in [0.1, 0.15) is 0 Å². The van der Waals surface area contributed by atoms with Crippen molar-refractivity contribution < 1.29 is 14.7 Å². The minimum atomic E-state index is -0.914. The number of nitrogens with zero attached hydrogens (tertiary/aromatic N) is 2. The van der Waals surface area contributed by atoms with Crippen LogP contribution in [0, 0.1) is 0 Å². The second kappa shape index (κ2) is 9.90. The molecule has 0 aromatic heterocycles. The van der Waals surface area contributed by atoms with Crippen LogP contribution in [-0.2, 0) is 11.3 Å².